The predicted octanol–water partition coefficient (Wildman–Crippen LogP) is 5.29. The van der Waals surface area contributed by atoms with E-state index in [1.54, 1.807) is 24.3 Å². The van der Waals surface area contributed by atoms with Gasteiger partial charge < -0.3 is 10.1 Å². The Balaban J connectivity index is 1.41. The molecule has 1 N–H and O–H groups in total. The summed E-state index contributed by atoms with van der Waals surface area (Å²) in [5, 5.41) is 2.45. The molecular formula is C23H17F3N4O2. The zero-order valence-electron chi connectivity index (χ0n) is 16.9. The van der Waals surface area contributed by atoms with Crippen LogP contribution in [0.4, 0.5) is 23.7 Å². The van der Waals surface area contributed by atoms with E-state index in [0.29, 0.717) is 41.1 Å². The van der Waals surface area contributed by atoms with Gasteiger partial charge in [0.2, 0.25) is 11.8 Å². The van der Waals surface area contributed by atoms with Gasteiger partial charge in [0.15, 0.2) is 0 Å². The third-order valence-corrected chi connectivity index (χ3v) is 5.71. The average molecular weight is 438 g/mol. The van der Waals surface area contributed by atoms with E-state index in [9.17, 15) is 18.0 Å². The van der Waals surface area contributed by atoms with Crippen molar-refractivity contribution in [3.05, 3.63) is 77.1 Å². The summed E-state index contributed by atoms with van der Waals surface area (Å²) >= 11 is 0. The van der Waals surface area contributed by atoms with Gasteiger partial charge in [-0.3, -0.25) is 4.90 Å². The first kappa shape index (κ1) is 20.0. The molecule has 2 aliphatic rings. The van der Waals surface area contributed by atoms with Crippen LogP contribution >= 0.6 is 0 Å². The molecule has 2 aromatic heterocycles. The molecule has 1 saturated heterocycles. The lowest BCUT2D eigenvalue weighted by Gasteiger charge is -2.31. The average Bonchev–Trinajstić information content (AvgIpc) is 3.11. The Morgan fingerprint density at radius 1 is 1.16 bits per heavy atom. The molecule has 2 bridgehead atoms. The van der Waals surface area contributed by atoms with Gasteiger partial charge in [0, 0.05) is 46.9 Å². The number of ether oxygens (including phenoxy) is 1. The Kier molecular flexibility index (Phi) is 4.80. The first-order chi connectivity index (χ1) is 15.5. The number of carbonyl (C=O) groups excluding carboxylic acids is 1. The van der Waals surface area contributed by atoms with Gasteiger partial charge in [-0.1, -0.05) is 0 Å². The minimum absolute atomic E-state index is 0.00769. The fourth-order valence-corrected chi connectivity index (χ4v) is 4.20. The van der Waals surface area contributed by atoms with Crippen LogP contribution < -0.4 is 10.1 Å². The summed E-state index contributed by atoms with van der Waals surface area (Å²) in [6.45, 7) is 0. The SMILES string of the molecule is COc1ccc(-c2cc(F)c(NC(=O)N3C4=Cc5c(ccnc5F)[C@H]3CC4)cc2F)cn1. The molecule has 0 radical (unpaired) electrons. The van der Waals surface area contributed by atoms with Crippen molar-refractivity contribution in [2.75, 3.05) is 12.4 Å². The summed E-state index contributed by atoms with van der Waals surface area (Å²) in [5.74, 6) is -1.75. The fraction of sp³-hybridized carbons (Fsp3) is 0.174. The van der Waals surface area contributed by atoms with Crippen molar-refractivity contribution in [3.8, 4) is 17.0 Å². The van der Waals surface area contributed by atoms with Crippen LogP contribution in [-0.2, 0) is 0 Å². The number of amides is 2. The highest BCUT2D eigenvalue weighted by Crippen LogP contribution is 2.45. The number of aromatic nitrogens is 2. The highest BCUT2D eigenvalue weighted by atomic mass is 19.1. The quantitative estimate of drug-likeness (QED) is 0.564. The molecule has 0 unspecified atom stereocenters. The second-order valence-corrected chi connectivity index (χ2v) is 7.50. The first-order valence-electron chi connectivity index (χ1n) is 9.91. The van der Waals surface area contributed by atoms with Gasteiger partial charge in [-0.15, -0.1) is 0 Å². The maximum atomic E-state index is 14.8. The highest BCUT2D eigenvalue weighted by molar-refractivity contribution is 5.93. The van der Waals surface area contributed by atoms with Crippen molar-refractivity contribution >= 4 is 17.8 Å². The third-order valence-electron chi connectivity index (χ3n) is 5.71. The van der Waals surface area contributed by atoms with Crippen molar-refractivity contribution < 1.29 is 22.7 Å². The monoisotopic (exact) mass is 438 g/mol. The number of benzene rings is 1. The van der Waals surface area contributed by atoms with E-state index >= 15 is 0 Å². The highest BCUT2D eigenvalue weighted by Gasteiger charge is 2.39. The molecule has 6 nitrogen and oxygen atoms in total. The van der Waals surface area contributed by atoms with Crippen LogP contribution in [0, 0.1) is 17.6 Å². The number of hydrogen-bond acceptors (Lipinski definition) is 4. The molecule has 3 aromatic rings. The number of allylic oxidation sites excluding steroid dienone is 1. The van der Waals surface area contributed by atoms with Crippen LogP contribution in [0.3, 0.4) is 0 Å². The van der Waals surface area contributed by atoms with Crippen molar-refractivity contribution in [1.82, 2.24) is 14.9 Å². The number of halogens is 3. The fourth-order valence-electron chi connectivity index (χ4n) is 4.20. The Bertz CT molecular complexity index is 1260. The maximum absolute atomic E-state index is 14.8. The number of anilines is 1. The summed E-state index contributed by atoms with van der Waals surface area (Å²) in [7, 11) is 1.45. The summed E-state index contributed by atoms with van der Waals surface area (Å²) in [6, 6.07) is 5.71. The van der Waals surface area contributed by atoms with Gasteiger partial charge in [-0.25, -0.2) is 23.5 Å². The second kappa shape index (κ2) is 7.67. The van der Waals surface area contributed by atoms with E-state index in [1.165, 1.54) is 24.4 Å². The van der Waals surface area contributed by atoms with Crippen LogP contribution in [-0.4, -0.2) is 28.0 Å². The number of methoxy groups -OCH3 is 1. The van der Waals surface area contributed by atoms with Crippen LogP contribution in [0.15, 0.2) is 48.4 Å². The van der Waals surface area contributed by atoms with E-state index in [0.717, 1.165) is 12.1 Å². The van der Waals surface area contributed by atoms with Gasteiger partial charge in [0.05, 0.1) is 18.8 Å². The summed E-state index contributed by atoms with van der Waals surface area (Å²) in [5.41, 5.74) is 1.70. The van der Waals surface area contributed by atoms with Gasteiger partial charge in [-0.2, -0.15) is 4.39 Å². The lowest BCUT2D eigenvalue weighted by atomic mass is 9.99. The molecule has 9 heteroatoms. The number of nitrogens with zero attached hydrogens (tertiary/aromatic N) is 3. The number of hydrogen-bond donors (Lipinski definition) is 1. The summed E-state index contributed by atoms with van der Waals surface area (Å²) < 4.78 is 48.6. The Labute approximate surface area is 181 Å². The maximum Gasteiger partial charge on any atom is 0.326 e. The largest absolute Gasteiger partial charge is 0.481 e. The zero-order valence-corrected chi connectivity index (χ0v) is 16.9. The Morgan fingerprint density at radius 3 is 2.75 bits per heavy atom. The second-order valence-electron chi connectivity index (χ2n) is 7.50. The van der Waals surface area contributed by atoms with Crippen LogP contribution in [0.1, 0.15) is 30.0 Å². The van der Waals surface area contributed by atoms with Crippen LogP contribution in [0.5, 0.6) is 5.88 Å². The molecule has 1 aromatic carbocycles. The molecule has 5 rings (SSSR count). The molecule has 1 atom stereocenters. The number of urea groups is 1. The van der Waals surface area contributed by atoms with Crippen molar-refractivity contribution in [3.63, 3.8) is 0 Å². The molecule has 2 amide bonds. The van der Waals surface area contributed by atoms with Crippen LogP contribution in [0.25, 0.3) is 17.2 Å². The van der Waals surface area contributed by atoms with E-state index in [1.807, 2.05) is 0 Å². The molecule has 162 valence electrons. The lowest BCUT2D eigenvalue weighted by Crippen LogP contribution is -2.35. The minimum Gasteiger partial charge on any atom is -0.481 e. The van der Waals surface area contributed by atoms with E-state index in [-0.39, 0.29) is 17.3 Å². The lowest BCUT2D eigenvalue weighted by molar-refractivity contribution is 0.216. The minimum atomic E-state index is -0.792. The molecule has 0 aliphatic carbocycles. The smallest absolute Gasteiger partial charge is 0.326 e. The molecule has 1 fully saturated rings. The van der Waals surface area contributed by atoms with Crippen molar-refractivity contribution in [1.29, 1.82) is 0 Å². The normalized spacial score (nSPS) is 16.4. The topological polar surface area (TPSA) is 67.3 Å². The van der Waals surface area contributed by atoms with Gasteiger partial charge in [-0.05, 0) is 42.7 Å². The Hall–Kier alpha value is -3.88. The Morgan fingerprint density at radius 2 is 2.00 bits per heavy atom. The standard InChI is InChI=1S/C23H17F3N4O2/c1-32-21-5-2-12(11-28-21)15-9-18(25)19(10-17(15)24)29-23(31)30-13-3-4-20(30)14-6-7-27-22(26)16(14)8-13/h2,5-11,20H,3-4H2,1H3,(H,29,31)/t20-/m1/s1. The molecule has 2 aliphatic heterocycles. The molecular weight excluding hydrogens is 421 g/mol. The van der Waals surface area contributed by atoms with Crippen molar-refractivity contribution in [2.24, 2.45) is 0 Å². The van der Waals surface area contributed by atoms with Crippen molar-refractivity contribution in [2.45, 2.75) is 18.9 Å². The number of pyridine rings is 2. The summed E-state index contributed by atoms with van der Waals surface area (Å²) in [4.78, 5) is 22.1. The van der Waals surface area contributed by atoms with E-state index < -0.39 is 23.6 Å². The van der Waals surface area contributed by atoms with Gasteiger partial charge in [0.25, 0.3) is 0 Å². The van der Waals surface area contributed by atoms with Gasteiger partial charge in [0.1, 0.15) is 11.6 Å². The number of fused-ring (bicyclic) bond motifs is 4. The van der Waals surface area contributed by atoms with Crippen LogP contribution in [0.2, 0.25) is 0 Å². The first-order valence-corrected chi connectivity index (χ1v) is 9.91. The molecule has 32 heavy (non-hydrogen) atoms. The number of carbonyl (C=O) groups is 1. The number of rotatable bonds is 3. The van der Waals surface area contributed by atoms with Gasteiger partial charge >= 0.3 is 6.03 Å². The predicted molar refractivity (Wildman–Crippen MR) is 111 cm³/mol. The molecule has 4 heterocycles. The zero-order chi connectivity index (χ0) is 22.4. The van der Waals surface area contributed by atoms with E-state index in [2.05, 4.69) is 15.3 Å². The third kappa shape index (κ3) is 3.26. The summed E-state index contributed by atoms with van der Waals surface area (Å²) in [6.07, 6.45) is 5.47. The molecule has 0 saturated carbocycles. The number of nitrogens with one attached hydrogen (secondary N) is 1. The van der Waals surface area contributed by atoms with E-state index in [4.69, 9.17) is 4.74 Å². The molecule has 0 spiro atoms.